The van der Waals surface area contributed by atoms with E-state index >= 15 is 0 Å². The fraction of sp³-hybridized carbons (Fsp3) is 0.385. The molecule has 6 nitrogen and oxygen atoms in total. The largest absolute Gasteiger partial charge is 0.484 e. The lowest BCUT2D eigenvalue weighted by molar-refractivity contribution is -0.138. The minimum atomic E-state index is -0.610. The van der Waals surface area contributed by atoms with Crippen LogP contribution in [0.2, 0.25) is 0 Å². The number of carbonyl (C=O) groups excluding carboxylic acids is 2. The van der Waals surface area contributed by atoms with Gasteiger partial charge in [-0.2, -0.15) is 0 Å². The van der Waals surface area contributed by atoms with Crippen LogP contribution in [0, 0.1) is 5.41 Å². The van der Waals surface area contributed by atoms with Gasteiger partial charge in [-0.3, -0.25) is 4.79 Å². The Bertz CT molecular complexity index is 1160. The highest BCUT2D eigenvalue weighted by atomic mass is 79.9. The number of para-hydroxylation sites is 1. The molecule has 0 amide bonds. The molecule has 1 atom stereocenters. The van der Waals surface area contributed by atoms with Crippen molar-refractivity contribution in [3.8, 4) is 5.75 Å². The van der Waals surface area contributed by atoms with Crippen molar-refractivity contribution < 1.29 is 23.5 Å². The maximum atomic E-state index is 13.3. The maximum Gasteiger partial charge on any atom is 0.336 e. The number of rotatable bonds is 6. The van der Waals surface area contributed by atoms with Crippen molar-refractivity contribution >= 4 is 27.7 Å². The Morgan fingerprint density at radius 3 is 2.70 bits per heavy atom. The van der Waals surface area contributed by atoms with E-state index in [1.54, 1.807) is 6.92 Å². The molecular formula is C26H28BrNO5. The van der Waals surface area contributed by atoms with E-state index in [9.17, 15) is 9.59 Å². The molecule has 1 N–H and O–H groups in total. The second-order valence-electron chi connectivity index (χ2n) is 9.17. The summed E-state index contributed by atoms with van der Waals surface area (Å²) in [5.74, 6) is 0.807. The molecule has 1 unspecified atom stereocenters. The zero-order valence-corrected chi connectivity index (χ0v) is 20.9. The van der Waals surface area contributed by atoms with Crippen LogP contribution in [-0.2, 0) is 20.9 Å². The third-order valence-electron chi connectivity index (χ3n) is 5.91. The maximum absolute atomic E-state index is 13.3. The topological polar surface area (TPSA) is 77.8 Å². The van der Waals surface area contributed by atoms with Gasteiger partial charge in [0.05, 0.1) is 22.6 Å². The Kier molecular flexibility index (Phi) is 6.52. The predicted octanol–water partition coefficient (Wildman–Crippen LogP) is 5.79. The normalized spacial score (nSPS) is 19.8. The van der Waals surface area contributed by atoms with Crippen LogP contribution >= 0.6 is 15.9 Å². The number of halogens is 1. The van der Waals surface area contributed by atoms with E-state index in [0.717, 1.165) is 16.6 Å². The average Bonchev–Trinajstić information content (AvgIpc) is 3.20. The molecule has 0 fully saturated rings. The fourth-order valence-electron chi connectivity index (χ4n) is 4.54. The molecule has 1 aliphatic carbocycles. The average molecular weight is 514 g/mol. The summed E-state index contributed by atoms with van der Waals surface area (Å²) in [7, 11) is 0. The number of ketones is 1. The van der Waals surface area contributed by atoms with Crippen molar-refractivity contribution in [2.45, 2.75) is 53.1 Å². The highest BCUT2D eigenvalue weighted by Gasteiger charge is 2.44. The van der Waals surface area contributed by atoms with E-state index in [2.05, 4.69) is 35.1 Å². The predicted molar refractivity (Wildman–Crippen MR) is 127 cm³/mol. The lowest BCUT2D eigenvalue weighted by Gasteiger charge is -2.38. The first-order valence-corrected chi connectivity index (χ1v) is 11.9. The quantitative estimate of drug-likeness (QED) is 0.492. The van der Waals surface area contributed by atoms with E-state index in [4.69, 9.17) is 13.9 Å². The number of allylic oxidation sites excluding steroid dienone is 3. The van der Waals surface area contributed by atoms with Crippen LogP contribution in [-0.4, -0.2) is 18.4 Å². The van der Waals surface area contributed by atoms with Crippen LogP contribution in [0.25, 0.3) is 0 Å². The molecule has 1 aromatic heterocycles. The summed E-state index contributed by atoms with van der Waals surface area (Å²) in [6.07, 6.45) is 1.13. The summed E-state index contributed by atoms with van der Waals surface area (Å²) in [6, 6.07) is 11.2. The zero-order chi connectivity index (χ0) is 23.8. The number of nitrogens with one attached hydrogen (secondary N) is 1. The van der Waals surface area contributed by atoms with Gasteiger partial charge in [-0.1, -0.05) is 26.0 Å². The molecule has 2 aliphatic rings. The number of hydrogen-bond acceptors (Lipinski definition) is 6. The van der Waals surface area contributed by atoms with Gasteiger partial charge in [-0.25, -0.2) is 4.79 Å². The number of hydrogen-bond donors (Lipinski definition) is 1. The molecule has 7 heteroatoms. The van der Waals surface area contributed by atoms with Crippen LogP contribution in [0.4, 0.5) is 0 Å². The third-order valence-corrected chi connectivity index (χ3v) is 6.56. The van der Waals surface area contributed by atoms with Crippen LogP contribution in [0.15, 0.2) is 67.8 Å². The van der Waals surface area contributed by atoms with E-state index in [1.165, 1.54) is 0 Å². The van der Waals surface area contributed by atoms with Crippen molar-refractivity contribution in [2.75, 3.05) is 6.61 Å². The van der Waals surface area contributed by atoms with Crippen molar-refractivity contribution in [1.29, 1.82) is 0 Å². The second kappa shape index (κ2) is 9.21. The third kappa shape index (κ3) is 4.78. The summed E-state index contributed by atoms with van der Waals surface area (Å²) >= 11 is 3.47. The van der Waals surface area contributed by atoms with Gasteiger partial charge in [0.25, 0.3) is 0 Å². The Labute approximate surface area is 202 Å². The molecule has 0 saturated heterocycles. The fourth-order valence-corrected chi connectivity index (χ4v) is 4.94. The molecule has 2 aromatic rings. The highest BCUT2D eigenvalue weighted by Crippen LogP contribution is 2.47. The van der Waals surface area contributed by atoms with E-state index in [0.29, 0.717) is 40.5 Å². The van der Waals surface area contributed by atoms with Gasteiger partial charge >= 0.3 is 5.97 Å². The van der Waals surface area contributed by atoms with Gasteiger partial charge in [0, 0.05) is 23.4 Å². The van der Waals surface area contributed by atoms with Gasteiger partial charge in [-0.05, 0) is 65.9 Å². The number of dihydropyridines is 1. The summed E-state index contributed by atoms with van der Waals surface area (Å²) in [5.41, 5.74) is 2.40. The van der Waals surface area contributed by atoms with Crippen LogP contribution < -0.4 is 10.1 Å². The standard InChI is InChI=1S/C26H28BrNO5/c1-5-31-25(30)22-15(2)28-18-12-26(3,4)13-19(29)23(18)24(22)21-11-10-16(33-21)14-32-20-9-7-6-8-17(20)27/h6-11,24,28H,5,12-14H2,1-4H3. The molecule has 0 spiro atoms. The van der Waals surface area contributed by atoms with Crippen LogP contribution in [0.5, 0.6) is 5.75 Å². The summed E-state index contributed by atoms with van der Waals surface area (Å²) in [6.45, 7) is 8.23. The number of esters is 1. The minimum absolute atomic E-state index is 0.0236. The number of benzene rings is 1. The van der Waals surface area contributed by atoms with Crippen LogP contribution in [0.3, 0.4) is 0 Å². The van der Waals surface area contributed by atoms with Crippen molar-refractivity contribution in [2.24, 2.45) is 5.41 Å². The Morgan fingerprint density at radius 2 is 1.97 bits per heavy atom. The first-order valence-electron chi connectivity index (χ1n) is 11.1. The van der Waals surface area contributed by atoms with Crippen molar-refractivity contribution in [3.05, 3.63) is 74.9 Å². The van der Waals surface area contributed by atoms with E-state index in [-0.39, 0.29) is 24.4 Å². The smallest absolute Gasteiger partial charge is 0.336 e. The van der Waals surface area contributed by atoms with E-state index < -0.39 is 11.9 Å². The molecule has 4 rings (SSSR count). The zero-order valence-electron chi connectivity index (χ0n) is 19.3. The molecule has 0 bridgehead atoms. The first-order chi connectivity index (χ1) is 15.7. The lowest BCUT2D eigenvalue weighted by Crippen LogP contribution is -2.38. The van der Waals surface area contributed by atoms with Crippen molar-refractivity contribution in [3.63, 3.8) is 0 Å². The van der Waals surface area contributed by atoms with Gasteiger partial charge < -0.3 is 19.2 Å². The van der Waals surface area contributed by atoms with Gasteiger partial charge in [0.1, 0.15) is 23.9 Å². The van der Waals surface area contributed by atoms with Crippen molar-refractivity contribution in [1.82, 2.24) is 5.32 Å². The van der Waals surface area contributed by atoms with Gasteiger partial charge in [0.2, 0.25) is 0 Å². The molecule has 174 valence electrons. The number of furan rings is 1. The SMILES string of the molecule is CCOC(=O)C1=C(C)NC2=C(C(=O)CC(C)(C)C2)C1c1ccc(COc2ccccc2Br)o1. The van der Waals surface area contributed by atoms with Gasteiger partial charge in [0.15, 0.2) is 5.78 Å². The summed E-state index contributed by atoms with van der Waals surface area (Å²) in [5, 5.41) is 3.32. The monoisotopic (exact) mass is 513 g/mol. The molecule has 1 aliphatic heterocycles. The van der Waals surface area contributed by atoms with Gasteiger partial charge in [-0.15, -0.1) is 0 Å². The molecular weight excluding hydrogens is 486 g/mol. The minimum Gasteiger partial charge on any atom is -0.484 e. The number of ether oxygens (including phenoxy) is 2. The number of Topliss-reactive ketones (excluding diaryl/α,β-unsaturated/α-hetero) is 1. The Morgan fingerprint density at radius 1 is 1.21 bits per heavy atom. The van der Waals surface area contributed by atoms with Crippen LogP contribution in [0.1, 0.15) is 58.0 Å². The second-order valence-corrected chi connectivity index (χ2v) is 10.0. The molecule has 33 heavy (non-hydrogen) atoms. The Hall–Kier alpha value is -2.80. The lowest BCUT2D eigenvalue weighted by atomic mass is 9.69. The number of carbonyl (C=O) groups is 2. The molecule has 1 aromatic carbocycles. The summed E-state index contributed by atoms with van der Waals surface area (Å²) < 4.78 is 18.2. The first kappa shape index (κ1) is 23.4. The molecule has 2 heterocycles. The Balaban J connectivity index is 1.69. The molecule has 0 radical (unpaired) electrons. The van der Waals surface area contributed by atoms with E-state index in [1.807, 2.05) is 43.3 Å². The highest BCUT2D eigenvalue weighted by molar-refractivity contribution is 9.10. The molecule has 0 saturated carbocycles. The summed E-state index contributed by atoms with van der Waals surface area (Å²) in [4.78, 5) is 26.2.